The molecule has 0 unspecified atom stereocenters. The van der Waals surface area contributed by atoms with Crippen molar-refractivity contribution in [2.24, 2.45) is 0 Å². The van der Waals surface area contributed by atoms with E-state index in [0.29, 0.717) is 0 Å². The van der Waals surface area contributed by atoms with Crippen LogP contribution in [0, 0.1) is 0 Å². The maximum absolute atomic E-state index is 12.9. The fourth-order valence-electron chi connectivity index (χ4n) is 1.89. The average Bonchev–Trinajstić information content (AvgIpc) is 2.48. The van der Waals surface area contributed by atoms with E-state index in [-0.39, 0.29) is 11.3 Å². The summed E-state index contributed by atoms with van der Waals surface area (Å²) in [6, 6.07) is 7.27. The van der Waals surface area contributed by atoms with Gasteiger partial charge in [0.2, 0.25) is 0 Å². The van der Waals surface area contributed by atoms with Crippen molar-refractivity contribution in [1.82, 2.24) is 0 Å². The summed E-state index contributed by atoms with van der Waals surface area (Å²) < 4.78 is 38.6. The number of phenolic OH excluding ortho intramolecular Hbond substituents is 1. The highest BCUT2D eigenvalue weighted by molar-refractivity contribution is 6.06. The molecule has 2 rings (SSSR count). The highest BCUT2D eigenvalue weighted by Gasteiger charge is 2.34. The molecular formula is C15H10F3NO4. The zero-order chi connectivity index (χ0) is 17.2. The molecule has 0 aliphatic carbocycles. The van der Waals surface area contributed by atoms with Crippen molar-refractivity contribution in [2.45, 2.75) is 6.18 Å². The van der Waals surface area contributed by atoms with E-state index in [1.165, 1.54) is 6.07 Å². The molecule has 0 fully saturated rings. The maximum Gasteiger partial charge on any atom is 0.417 e. The number of amides is 1. The van der Waals surface area contributed by atoms with Crippen LogP contribution in [0.3, 0.4) is 0 Å². The third kappa shape index (κ3) is 3.60. The Balaban J connectivity index is 2.32. The Kier molecular flexibility index (Phi) is 4.26. The number of carboxylic acid groups (broad SMARTS) is 1. The predicted octanol–water partition coefficient (Wildman–Crippen LogP) is 3.36. The van der Waals surface area contributed by atoms with Crippen LogP contribution in [0.2, 0.25) is 0 Å². The van der Waals surface area contributed by atoms with Crippen LogP contribution in [0.1, 0.15) is 26.3 Å². The molecule has 1 amide bonds. The van der Waals surface area contributed by atoms with Crippen LogP contribution in [-0.2, 0) is 6.18 Å². The highest BCUT2D eigenvalue weighted by atomic mass is 19.4. The lowest BCUT2D eigenvalue weighted by molar-refractivity contribution is -0.137. The van der Waals surface area contributed by atoms with E-state index in [1.807, 2.05) is 0 Å². The Morgan fingerprint density at radius 1 is 1.04 bits per heavy atom. The lowest BCUT2D eigenvalue weighted by atomic mass is 10.1. The maximum atomic E-state index is 12.9. The molecule has 0 saturated heterocycles. The Bertz CT molecular complexity index is 772. The number of carboxylic acids is 1. The number of carbonyl (C=O) groups is 2. The van der Waals surface area contributed by atoms with Crippen LogP contribution in [-0.4, -0.2) is 22.1 Å². The molecule has 0 aromatic heterocycles. The van der Waals surface area contributed by atoms with Gasteiger partial charge < -0.3 is 15.5 Å². The van der Waals surface area contributed by atoms with E-state index in [4.69, 9.17) is 5.11 Å². The highest BCUT2D eigenvalue weighted by Crippen LogP contribution is 2.32. The zero-order valence-electron chi connectivity index (χ0n) is 11.4. The van der Waals surface area contributed by atoms with Gasteiger partial charge in [-0.15, -0.1) is 0 Å². The summed E-state index contributed by atoms with van der Waals surface area (Å²) in [5.41, 5.74) is -2.14. The topological polar surface area (TPSA) is 86.6 Å². The van der Waals surface area contributed by atoms with Gasteiger partial charge in [-0.3, -0.25) is 4.79 Å². The SMILES string of the molecule is O=C(O)c1ccc(NC(=O)c2ccccc2C(F)(F)F)c(O)c1. The summed E-state index contributed by atoms with van der Waals surface area (Å²) in [7, 11) is 0. The summed E-state index contributed by atoms with van der Waals surface area (Å²) >= 11 is 0. The Morgan fingerprint density at radius 3 is 2.26 bits per heavy atom. The fourth-order valence-corrected chi connectivity index (χ4v) is 1.89. The first-order chi connectivity index (χ1) is 10.7. The van der Waals surface area contributed by atoms with Gasteiger partial charge in [-0.05, 0) is 30.3 Å². The van der Waals surface area contributed by atoms with Crippen LogP contribution in [0.4, 0.5) is 18.9 Å². The minimum atomic E-state index is -4.71. The number of hydrogen-bond acceptors (Lipinski definition) is 3. The molecule has 0 spiro atoms. The zero-order valence-corrected chi connectivity index (χ0v) is 11.4. The quantitative estimate of drug-likeness (QED) is 0.755. The van der Waals surface area contributed by atoms with E-state index in [1.54, 1.807) is 0 Å². The standard InChI is InChI=1S/C15H10F3NO4/c16-15(17,18)10-4-2-1-3-9(10)13(21)19-11-6-5-8(14(22)23)7-12(11)20/h1-7,20H,(H,19,21)(H,22,23). The molecule has 0 radical (unpaired) electrons. The minimum Gasteiger partial charge on any atom is -0.506 e. The van der Waals surface area contributed by atoms with Crippen LogP contribution in [0.5, 0.6) is 5.75 Å². The normalized spacial score (nSPS) is 11.1. The first kappa shape index (κ1) is 16.3. The summed E-state index contributed by atoms with van der Waals surface area (Å²) in [5.74, 6) is -2.93. The number of phenols is 1. The number of halogens is 3. The van der Waals surface area contributed by atoms with Crippen molar-refractivity contribution in [3.05, 3.63) is 59.2 Å². The molecule has 0 bridgehead atoms. The summed E-state index contributed by atoms with van der Waals surface area (Å²) in [6.07, 6.45) is -4.71. The smallest absolute Gasteiger partial charge is 0.417 e. The van der Waals surface area contributed by atoms with Gasteiger partial charge in [0.25, 0.3) is 5.91 Å². The summed E-state index contributed by atoms with van der Waals surface area (Å²) in [6.45, 7) is 0. The largest absolute Gasteiger partial charge is 0.506 e. The Morgan fingerprint density at radius 2 is 1.70 bits per heavy atom. The number of benzene rings is 2. The molecule has 2 aromatic rings. The second-order valence-corrected chi connectivity index (χ2v) is 4.53. The van der Waals surface area contributed by atoms with Crippen LogP contribution in [0.25, 0.3) is 0 Å². The average molecular weight is 325 g/mol. The molecule has 8 heteroatoms. The number of hydrogen-bond donors (Lipinski definition) is 3. The van der Waals surface area contributed by atoms with Gasteiger partial charge in [0, 0.05) is 0 Å². The minimum absolute atomic E-state index is 0.197. The van der Waals surface area contributed by atoms with Crippen molar-refractivity contribution in [3.63, 3.8) is 0 Å². The van der Waals surface area contributed by atoms with Crippen LogP contribution in [0.15, 0.2) is 42.5 Å². The van der Waals surface area contributed by atoms with Crippen molar-refractivity contribution < 1.29 is 33.0 Å². The molecule has 2 aromatic carbocycles. The Labute approximate surface area is 128 Å². The fraction of sp³-hybridized carbons (Fsp3) is 0.0667. The van der Waals surface area contributed by atoms with Gasteiger partial charge in [0.15, 0.2) is 0 Å². The molecule has 5 nitrogen and oxygen atoms in total. The molecule has 0 heterocycles. The Hall–Kier alpha value is -3.03. The number of anilines is 1. The lowest BCUT2D eigenvalue weighted by Gasteiger charge is -2.13. The molecule has 0 aliphatic heterocycles. The predicted molar refractivity (Wildman–Crippen MR) is 74.5 cm³/mol. The van der Waals surface area contributed by atoms with Crippen molar-refractivity contribution in [1.29, 1.82) is 0 Å². The van der Waals surface area contributed by atoms with E-state index in [0.717, 1.165) is 36.4 Å². The molecule has 3 N–H and O–H groups in total. The molecule has 0 aliphatic rings. The van der Waals surface area contributed by atoms with Gasteiger partial charge >= 0.3 is 12.1 Å². The molecule has 23 heavy (non-hydrogen) atoms. The molecule has 120 valence electrons. The van der Waals surface area contributed by atoms with E-state index >= 15 is 0 Å². The third-order valence-electron chi connectivity index (χ3n) is 2.97. The van der Waals surface area contributed by atoms with Crippen molar-refractivity contribution in [2.75, 3.05) is 5.32 Å². The monoisotopic (exact) mass is 325 g/mol. The molecule has 0 saturated carbocycles. The number of carbonyl (C=O) groups excluding carboxylic acids is 1. The molecule has 0 atom stereocenters. The van der Waals surface area contributed by atoms with Crippen LogP contribution >= 0.6 is 0 Å². The van der Waals surface area contributed by atoms with E-state index in [2.05, 4.69) is 5.32 Å². The van der Waals surface area contributed by atoms with Crippen LogP contribution < -0.4 is 5.32 Å². The summed E-state index contributed by atoms with van der Waals surface area (Å²) in [4.78, 5) is 22.8. The first-order valence-electron chi connectivity index (χ1n) is 6.24. The number of rotatable bonds is 3. The van der Waals surface area contributed by atoms with Gasteiger partial charge in [-0.1, -0.05) is 12.1 Å². The van der Waals surface area contributed by atoms with E-state index < -0.39 is 34.9 Å². The van der Waals surface area contributed by atoms with E-state index in [9.17, 15) is 27.9 Å². The van der Waals surface area contributed by atoms with Crippen molar-refractivity contribution >= 4 is 17.6 Å². The third-order valence-corrected chi connectivity index (χ3v) is 2.97. The number of nitrogens with one attached hydrogen (secondary N) is 1. The van der Waals surface area contributed by atoms with Gasteiger partial charge in [-0.25, -0.2) is 4.79 Å². The summed E-state index contributed by atoms with van der Waals surface area (Å²) in [5, 5.41) is 20.6. The van der Waals surface area contributed by atoms with Gasteiger partial charge in [0.1, 0.15) is 5.75 Å². The van der Waals surface area contributed by atoms with Crippen molar-refractivity contribution in [3.8, 4) is 5.75 Å². The first-order valence-corrected chi connectivity index (χ1v) is 6.24. The second-order valence-electron chi connectivity index (χ2n) is 4.53. The lowest BCUT2D eigenvalue weighted by Crippen LogP contribution is -2.18. The number of aromatic hydroxyl groups is 1. The molecular weight excluding hydrogens is 315 g/mol. The number of alkyl halides is 3. The number of aromatic carboxylic acids is 1. The van der Waals surface area contributed by atoms with Gasteiger partial charge in [0.05, 0.1) is 22.4 Å². The second kappa shape index (κ2) is 5.99. The van der Waals surface area contributed by atoms with Gasteiger partial charge in [-0.2, -0.15) is 13.2 Å².